The normalized spacial score (nSPS) is 19.2. The van der Waals surface area contributed by atoms with Crippen LogP contribution in [-0.4, -0.2) is 47.5 Å². The lowest BCUT2D eigenvalue weighted by Gasteiger charge is -2.37. The topological polar surface area (TPSA) is 32.7 Å². The molecule has 0 aromatic heterocycles. The molecule has 10 heteroatoms. The van der Waals surface area contributed by atoms with Crippen LogP contribution >= 0.6 is 11.6 Å². The summed E-state index contributed by atoms with van der Waals surface area (Å²) in [6.07, 6.45) is -9.85. The molecule has 1 aliphatic heterocycles. The van der Waals surface area contributed by atoms with Crippen molar-refractivity contribution in [1.29, 1.82) is 0 Å². The first-order valence-electron chi connectivity index (χ1n) is 4.18. The fourth-order valence-electron chi connectivity index (χ4n) is 1.12. The van der Waals surface area contributed by atoms with Crippen molar-refractivity contribution in [2.75, 3.05) is 13.1 Å². The van der Waals surface area contributed by atoms with Crippen LogP contribution in [0.5, 0.6) is 0 Å². The lowest BCUT2D eigenvalue weighted by molar-refractivity contribution is -0.189. The Morgan fingerprint density at radius 3 is 1.94 bits per heavy atom. The van der Waals surface area contributed by atoms with E-state index in [9.17, 15) is 31.1 Å². The smallest absolute Gasteiger partial charge is 0.330 e. The molecule has 1 fully saturated rings. The zero-order valence-electron chi connectivity index (χ0n) is 7.94. The van der Waals surface area contributed by atoms with Gasteiger partial charge in [0.2, 0.25) is 5.17 Å². The summed E-state index contributed by atoms with van der Waals surface area (Å²) < 4.78 is 71.3. The first-order valence-corrected chi connectivity index (χ1v) is 4.56. The Balaban J connectivity index is 2.51. The van der Waals surface area contributed by atoms with E-state index in [0.717, 1.165) is 0 Å². The molecule has 0 N–H and O–H groups in total. The quantitative estimate of drug-likeness (QED) is 0.534. The number of nitrogens with zero attached hydrogens (tertiary/aromatic N) is 2. The number of likely N-dealkylation sites (tertiary alicyclic amines) is 1. The van der Waals surface area contributed by atoms with Crippen molar-refractivity contribution in [3.8, 4) is 0 Å². The zero-order chi connectivity index (χ0) is 13.4. The molecule has 1 rings (SSSR count). The molecule has 0 aliphatic carbocycles. The van der Waals surface area contributed by atoms with Crippen LogP contribution in [0.15, 0.2) is 4.99 Å². The predicted octanol–water partition coefficient (Wildman–Crippen LogP) is 1.96. The minimum Gasteiger partial charge on any atom is -0.330 e. The van der Waals surface area contributed by atoms with Crippen LogP contribution < -0.4 is 0 Å². The van der Waals surface area contributed by atoms with E-state index in [4.69, 9.17) is 11.6 Å². The molecule has 0 saturated carbocycles. The van der Waals surface area contributed by atoms with Gasteiger partial charge in [-0.2, -0.15) is 26.3 Å². The van der Waals surface area contributed by atoms with Crippen molar-refractivity contribution in [2.45, 2.75) is 18.4 Å². The second-order valence-electron chi connectivity index (χ2n) is 3.28. The number of hydrogen-bond acceptors (Lipinski definition) is 2. The van der Waals surface area contributed by atoms with E-state index in [-0.39, 0.29) is 0 Å². The first kappa shape index (κ1) is 14.1. The summed E-state index contributed by atoms with van der Waals surface area (Å²) in [4.78, 5) is 13.9. The van der Waals surface area contributed by atoms with Crippen LogP contribution in [0.1, 0.15) is 0 Å². The van der Waals surface area contributed by atoms with Gasteiger partial charge >= 0.3 is 18.3 Å². The first-order chi connectivity index (χ1) is 7.51. The Morgan fingerprint density at radius 2 is 1.59 bits per heavy atom. The van der Waals surface area contributed by atoms with Gasteiger partial charge in [-0.25, -0.2) is 0 Å². The van der Waals surface area contributed by atoms with Gasteiger partial charge in [0.05, 0.1) is 6.04 Å². The largest absolute Gasteiger partial charge is 0.471 e. The number of alkyl halides is 6. The number of halogens is 7. The van der Waals surface area contributed by atoms with E-state index < -0.39 is 42.6 Å². The molecule has 1 amide bonds. The molecule has 1 heterocycles. The van der Waals surface area contributed by atoms with Crippen LogP contribution in [0.2, 0.25) is 0 Å². The van der Waals surface area contributed by atoms with Crippen molar-refractivity contribution in [2.24, 2.45) is 4.99 Å². The second-order valence-corrected chi connectivity index (χ2v) is 3.64. The molecule has 0 spiro atoms. The van der Waals surface area contributed by atoms with E-state index in [1.165, 1.54) is 0 Å². The minimum absolute atomic E-state index is 0.356. The van der Waals surface area contributed by atoms with Crippen molar-refractivity contribution in [3.05, 3.63) is 0 Å². The Bertz CT molecular complexity index is 343. The van der Waals surface area contributed by atoms with Gasteiger partial charge in [-0.3, -0.25) is 9.79 Å². The number of rotatable bonds is 1. The summed E-state index contributed by atoms with van der Waals surface area (Å²) in [7, 11) is 0. The molecule has 17 heavy (non-hydrogen) atoms. The van der Waals surface area contributed by atoms with Gasteiger partial charge in [-0.1, -0.05) is 11.6 Å². The maximum Gasteiger partial charge on any atom is 0.471 e. The molecular formula is C7H5ClF6N2O. The van der Waals surface area contributed by atoms with Gasteiger partial charge in [0.15, 0.2) is 0 Å². The monoisotopic (exact) mass is 282 g/mol. The molecule has 0 aromatic carbocycles. The van der Waals surface area contributed by atoms with Crippen LogP contribution in [0.3, 0.4) is 0 Å². The molecule has 1 saturated heterocycles. The van der Waals surface area contributed by atoms with Gasteiger partial charge < -0.3 is 4.90 Å². The van der Waals surface area contributed by atoms with Gasteiger partial charge in [-0.05, 0) is 0 Å². The van der Waals surface area contributed by atoms with Crippen LogP contribution in [-0.2, 0) is 4.79 Å². The molecule has 0 aromatic rings. The second kappa shape index (κ2) is 4.35. The highest BCUT2D eigenvalue weighted by Crippen LogP contribution is 2.25. The minimum atomic E-state index is -5.03. The van der Waals surface area contributed by atoms with E-state index in [0.29, 0.717) is 4.90 Å². The van der Waals surface area contributed by atoms with Crippen LogP contribution in [0.4, 0.5) is 26.3 Å². The fourth-order valence-corrected chi connectivity index (χ4v) is 1.25. The highest BCUT2D eigenvalue weighted by molar-refractivity contribution is 6.66. The van der Waals surface area contributed by atoms with Crippen molar-refractivity contribution >= 4 is 22.7 Å². The Labute approximate surface area is 96.0 Å². The molecule has 98 valence electrons. The third-order valence-corrected chi connectivity index (χ3v) is 2.23. The fraction of sp³-hybridized carbons (Fsp3) is 0.714. The average Bonchev–Trinajstić information content (AvgIpc) is 2.05. The van der Waals surface area contributed by atoms with Gasteiger partial charge in [0, 0.05) is 13.1 Å². The van der Waals surface area contributed by atoms with Crippen molar-refractivity contribution < 1.29 is 31.1 Å². The summed E-state index contributed by atoms with van der Waals surface area (Å²) in [6, 6.07) is -1.05. The highest BCUT2D eigenvalue weighted by atomic mass is 35.5. The number of aliphatic imine (C=N–C) groups is 1. The number of carbonyl (C=O) groups excluding carboxylic acids is 1. The van der Waals surface area contributed by atoms with Crippen LogP contribution in [0, 0.1) is 0 Å². The summed E-state index contributed by atoms with van der Waals surface area (Å²) in [5, 5.41) is -1.64. The van der Waals surface area contributed by atoms with Gasteiger partial charge in [0.1, 0.15) is 0 Å². The lowest BCUT2D eigenvalue weighted by Crippen LogP contribution is -2.57. The number of carbonyl (C=O) groups is 1. The summed E-state index contributed by atoms with van der Waals surface area (Å²) in [5.74, 6) is -2.09. The van der Waals surface area contributed by atoms with E-state index in [1.807, 2.05) is 0 Å². The molecule has 0 atom stereocenters. The molecule has 0 unspecified atom stereocenters. The summed E-state index contributed by atoms with van der Waals surface area (Å²) in [5.41, 5.74) is 0. The third kappa shape index (κ3) is 3.48. The lowest BCUT2D eigenvalue weighted by atomic mass is 10.1. The maximum atomic E-state index is 11.9. The number of amides is 1. The molecule has 0 bridgehead atoms. The average molecular weight is 283 g/mol. The number of hydrogen-bond donors (Lipinski definition) is 0. The summed E-state index contributed by atoms with van der Waals surface area (Å²) >= 11 is 4.78. The Morgan fingerprint density at radius 1 is 1.12 bits per heavy atom. The predicted molar refractivity (Wildman–Crippen MR) is 45.8 cm³/mol. The molecule has 0 radical (unpaired) electrons. The van der Waals surface area contributed by atoms with Gasteiger partial charge in [-0.15, -0.1) is 0 Å². The maximum absolute atomic E-state index is 11.9. The highest BCUT2D eigenvalue weighted by Gasteiger charge is 2.47. The Kier molecular flexibility index (Phi) is 3.60. The SMILES string of the molecule is O=C(N1CC(N=C(Cl)C(F)(F)F)C1)C(F)(F)F. The molecule has 1 aliphatic rings. The molecule has 3 nitrogen and oxygen atoms in total. The van der Waals surface area contributed by atoms with E-state index >= 15 is 0 Å². The van der Waals surface area contributed by atoms with Gasteiger partial charge in [0.25, 0.3) is 0 Å². The van der Waals surface area contributed by atoms with Crippen molar-refractivity contribution in [1.82, 2.24) is 4.90 Å². The molecular weight excluding hydrogens is 278 g/mol. The van der Waals surface area contributed by atoms with Crippen molar-refractivity contribution in [3.63, 3.8) is 0 Å². The van der Waals surface area contributed by atoms with E-state index in [1.54, 1.807) is 0 Å². The zero-order valence-corrected chi connectivity index (χ0v) is 8.70. The third-order valence-electron chi connectivity index (χ3n) is 1.92. The summed E-state index contributed by atoms with van der Waals surface area (Å²) in [6.45, 7) is -1.05. The van der Waals surface area contributed by atoms with E-state index in [2.05, 4.69) is 4.99 Å². The van der Waals surface area contributed by atoms with Crippen LogP contribution in [0.25, 0.3) is 0 Å². The standard InChI is InChI=1S/C7H5ClF6N2O/c8-4(6(9,10)11)15-3-1-16(2-3)5(17)7(12,13)14/h3H,1-2H2. The Hall–Kier alpha value is -0.990.